The molecule has 7 nitrogen and oxygen atoms in total. The number of benzene rings is 3. The topological polar surface area (TPSA) is 64.1 Å². The zero-order valence-electron chi connectivity index (χ0n) is 21.1. The zero-order valence-corrected chi connectivity index (χ0v) is 22.8. The Labute approximate surface area is 227 Å². The van der Waals surface area contributed by atoms with Gasteiger partial charge >= 0.3 is 0 Å². The molecule has 3 aromatic carbocycles. The number of amides is 1. The van der Waals surface area contributed by atoms with Crippen LogP contribution in [0.5, 0.6) is 11.5 Å². The molecule has 0 bridgehead atoms. The summed E-state index contributed by atoms with van der Waals surface area (Å²) in [6.45, 7) is 4.89. The van der Waals surface area contributed by atoms with E-state index in [-0.39, 0.29) is 18.3 Å². The van der Waals surface area contributed by atoms with E-state index >= 15 is 0 Å². The maximum Gasteiger partial charge on any atom is 0.233 e. The molecule has 0 aliphatic carbocycles. The van der Waals surface area contributed by atoms with Gasteiger partial charge in [-0.25, -0.2) is 4.98 Å². The van der Waals surface area contributed by atoms with Crippen molar-refractivity contribution in [2.45, 2.75) is 12.8 Å². The molecule has 5 rings (SSSR count). The molecular formula is C28H32ClN3O4S. The Morgan fingerprint density at radius 1 is 1.03 bits per heavy atom. The second-order valence-corrected chi connectivity index (χ2v) is 9.79. The number of thiazole rings is 1. The first-order chi connectivity index (χ1) is 17.7. The monoisotopic (exact) mass is 541 g/mol. The van der Waals surface area contributed by atoms with E-state index in [0.29, 0.717) is 29.4 Å². The molecule has 2 heterocycles. The van der Waals surface area contributed by atoms with Crippen molar-refractivity contribution in [3.63, 3.8) is 0 Å². The number of halogens is 1. The number of rotatable bonds is 9. The van der Waals surface area contributed by atoms with Crippen molar-refractivity contribution in [1.29, 1.82) is 0 Å². The van der Waals surface area contributed by atoms with E-state index in [1.807, 2.05) is 41.3 Å². The quantitative estimate of drug-likeness (QED) is 0.291. The summed E-state index contributed by atoms with van der Waals surface area (Å²) < 4.78 is 17.5. The Hall–Kier alpha value is -2.91. The third-order valence-corrected chi connectivity index (χ3v) is 7.71. The van der Waals surface area contributed by atoms with Crippen molar-refractivity contribution >= 4 is 55.8 Å². The van der Waals surface area contributed by atoms with Gasteiger partial charge in [0.05, 0.1) is 33.9 Å². The highest BCUT2D eigenvalue weighted by Gasteiger charge is 2.23. The zero-order chi connectivity index (χ0) is 24.9. The molecule has 0 atom stereocenters. The number of anilines is 1. The summed E-state index contributed by atoms with van der Waals surface area (Å²) in [6, 6.07) is 18.1. The number of carbonyl (C=O) groups excluding carboxylic acids is 1. The average Bonchev–Trinajstić information content (AvgIpc) is 3.36. The Bertz CT molecular complexity index is 1310. The van der Waals surface area contributed by atoms with Crippen LogP contribution in [-0.2, 0) is 16.0 Å². The van der Waals surface area contributed by atoms with Gasteiger partial charge in [0, 0.05) is 26.2 Å². The van der Waals surface area contributed by atoms with E-state index in [1.165, 1.54) is 11.3 Å². The van der Waals surface area contributed by atoms with Crippen molar-refractivity contribution < 1.29 is 19.0 Å². The molecule has 9 heteroatoms. The molecule has 1 fully saturated rings. The number of hydrogen-bond acceptors (Lipinski definition) is 7. The van der Waals surface area contributed by atoms with Gasteiger partial charge in [-0.2, -0.15) is 0 Å². The van der Waals surface area contributed by atoms with Crippen LogP contribution in [0.4, 0.5) is 5.13 Å². The first-order valence-corrected chi connectivity index (χ1v) is 13.1. The van der Waals surface area contributed by atoms with Gasteiger partial charge in [0.1, 0.15) is 21.7 Å². The molecule has 1 aromatic heterocycles. The summed E-state index contributed by atoms with van der Waals surface area (Å²) in [5, 5.41) is 2.91. The van der Waals surface area contributed by atoms with Crippen molar-refractivity contribution in [2.24, 2.45) is 0 Å². The third-order valence-electron chi connectivity index (χ3n) is 6.61. The minimum atomic E-state index is 0. The van der Waals surface area contributed by atoms with Crippen molar-refractivity contribution in [3.8, 4) is 11.5 Å². The minimum absolute atomic E-state index is 0. The summed E-state index contributed by atoms with van der Waals surface area (Å²) in [6.07, 6.45) is 1.16. The average molecular weight is 542 g/mol. The van der Waals surface area contributed by atoms with Crippen molar-refractivity contribution in [3.05, 3.63) is 60.2 Å². The number of aromatic nitrogens is 1. The standard InChI is InChI=1S/C28H31N3O4S.ClH/c1-33-23-11-12-24(34-2)27-26(23)29-28(36-27)31(14-6-13-30-15-17-35-18-16-30)25(32)19-21-9-5-8-20-7-3-4-10-22(20)21;/h3-5,7-12H,6,13-19H2,1-2H3;1H. The SMILES string of the molecule is COc1ccc(OC)c2sc(N(CCCN3CCOCC3)C(=O)Cc3cccc4ccccc34)nc12.Cl. The van der Waals surface area contributed by atoms with Crippen LogP contribution < -0.4 is 14.4 Å². The van der Waals surface area contributed by atoms with E-state index < -0.39 is 0 Å². The molecule has 1 amide bonds. The molecule has 1 aliphatic rings. The Kier molecular flexibility index (Phi) is 9.21. The molecule has 0 spiro atoms. The minimum Gasteiger partial charge on any atom is -0.495 e. The molecule has 4 aromatic rings. The van der Waals surface area contributed by atoms with Gasteiger partial charge < -0.3 is 14.2 Å². The largest absolute Gasteiger partial charge is 0.495 e. The Balaban J connectivity index is 0.00000320. The van der Waals surface area contributed by atoms with E-state index in [1.54, 1.807) is 14.2 Å². The fourth-order valence-electron chi connectivity index (χ4n) is 4.70. The maximum absolute atomic E-state index is 13.8. The van der Waals surface area contributed by atoms with Crippen LogP contribution in [0.3, 0.4) is 0 Å². The fraction of sp³-hybridized carbons (Fsp3) is 0.357. The molecule has 37 heavy (non-hydrogen) atoms. The van der Waals surface area contributed by atoms with E-state index in [4.69, 9.17) is 19.2 Å². The Morgan fingerprint density at radius 3 is 2.54 bits per heavy atom. The van der Waals surface area contributed by atoms with Gasteiger partial charge in [0.15, 0.2) is 5.13 Å². The number of hydrogen-bond donors (Lipinski definition) is 0. The second kappa shape index (κ2) is 12.6. The number of morpholine rings is 1. The summed E-state index contributed by atoms with van der Waals surface area (Å²) in [4.78, 5) is 22.9. The summed E-state index contributed by atoms with van der Waals surface area (Å²) >= 11 is 1.47. The molecule has 196 valence electrons. The predicted molar refractivity (Wildman–Crippen MR) is 152 cm³/mol. The van der Waals surface area contributed by atoms with Crippen LogP contribution >= 0.6 is 23.7 Å². The van der Waals surface area contributed by atoms with Crippen molar-refractivity contribution in [1.82, 2.24) is 9.88 Å². The van der Waals surface area contributed by atoms with E-state index in [9.17, 15) is 4.79 Å². The van der Waals surface area contributed by atoms with Crippen LogP contribution in [0.1, 0.15) is 12.0 Å². The summed E-state index contributed by atoms with van der Waals surface area (Å²) in [5.41, 5.74) is 1.74. The molecule has 0 unspecified atom stereocenters. The van der Waals surface area contributed by atoms with E-state index in [0.717, 1.165) is 66.1 Å². The third kappa shape index (κ3) is 5.99. The highest BCUT2D eigenvalue weighted by molar-refractivity contribution is 7.22. The highest BCUT2D eigenvalue weighted by atomic mass is 35.5. The fourth-order valence-corrected chi connectivity index (χ4v) is 5.82. The lowest BCUT2D eigenvalue weighted by Gasteiger charge is -2.27. The van der Waals surface area contributed by atoms with Gasteiger partial charge in [-0.3, -0.25) is 14.6 Å². The van der Waals surface area contributed by atoms with Gasteiger partial charge in [-0.15, -0.1) is 12.4 Å². The number of carbonyl (C=O) groups is 1. The van der Waals surface area contributed by atoms with Gasteiger partial charge in [0.25, 0.3) is 0 Å². The molecule has 0 radical (unpaired) electrons. The van der Waals surface area contributed by atoms with Gasteiger partial charge in [0.2, 0.25) is 5.91 Å². The predicted octanol–water partition coefficient (Wildman–Crippen LogP) is 5.19. The summed E-state index contributed by atoms with van der Waals surface area (Å²) in [5.74, 6) is 1.43. The van der Waals surface area contributed by atoms with Crippen LogP contribution in [0.25, 0.3) is 21.0 Å². The highest BCUT2D eigenvalue weighted by Crippen LogP contribution is 2.40. The second-order valence-electron chi connectivity index (χ2n) is 8.81. The molecule has 0 saturated carbocycles. The Morgan fingerprint density at radius 2 is 1.76 bits per heavy atom. The van der Waals surface area contributed by atoms with Crippen LogP contribution in [0, 0.1) is 0 Å². The normalized spacial score (nSPS) is 13.9. The van der Waals surface area contributed by atoms with Crippen LogP contribution in [0.2, 0.25) is 0 Å². The van der Waals surface area contributed by atoms with E-state index in [2.05, 4.69) is 23.1 Å². The maximum atomic E-state index is 13.8. The number of methoxy groups -OCH3 is 2. The first-order valence-electron chi connectivity index (χ1n) is 12.3. The molecule has 1 aliphatic heterocycles. The summed E-state index contributed by atoms with van der Waals surface area (Å²) in [7, 11) is 3.28. The molecule has 1 saturated heterocycles. The van der Waals surface area contributed by atoms with Crippen LogP contribution in [-0.4, -0.2) is 69.4 Å². The lowest BCUT2D eigenvalue weighted by atomic mass is 10.0. The molecular weight excluding hydrogens is 510 g/mol. The lowest BCUT2D eigenvalue weighted by Crippen LogP contribution is -2.39. The first kappa shape index (κ1) is 27.1. The van der Waals surface area contributed by atoms with Gasteiger partial charge in [-0.1, -0.05) is 53.8 Å². The smallest absolute Gasteiger partial charge is 0.233 e. The van der Waals surface area contributed by atoms with Crippen molar-refractivity contribution in [2.75, 3.05) is 58.5 Å². The van der Waals surface area contributed by atoms with Gasteiger partial charge in [-0.05, 0) is 34.9 Å². The number of fused-ring (bicyclic) bond motifs is 2. The number of nitrogens with zero attached hydrogens (tertiary/aromatic N) is 3. The van der Waals surface area contributed by atoms with Crippen LogP contribution in [0.15, 0.2) is 54.6 Å². The molecule has 0 N–H and O–H groups in total. The lowest BCUT2D eigenvalue weighted by molar-refractivity contribution is -0.118. The number of ether oxygens (including phenoxy) is 3.